The van der Waals surface area contributed by atoms with E-state index >= 15 is 0 Å². The molecule has 1 rings (SSSR count). The summed E-state index contributed by atoms with van der Waals surface area (Å²) < 4.78 is 5.01. The van der Waals surface area contributed by atoms with Crippen LogP contribution in [-0.2, 0) is 0 Å². The molecular weight excluding hydrogens is 212 g/mol. The van der Waals surface area contributed by atoms with Gasteiger partial charge in [0.15, 0.2) is 0 Å². The average molecular weight is 228 g/mol. The summed E-state index contributed by atoms with van der Waals surface area (Å²) in [6, 6.07) is 3.51. The molecule has 0 saturated heterocycles. The quantitative estimate of drug-likeness (QED) is 0.745. The highest BCUT2D eigenvalue weighted by molar-refractivity contribution is 7.99. The molecule has 1 heterocycles. The highest BCUT2D eigenvalue weighted by Gasteiger charge is 2.07. The summed E-state index contributed by atoms with van der Waals surface area (Å²) in [5.74, 6) is 1.59. The molecule has 1 aromatic heterocycles. The first-order chi connectivity index (χ1) is 7.17. The molecule has 0 aliphatic carbocycles. The molecule has 0 amide bonds. The lowest BCUT2D eigenvalue weighted by molar-refractivity contribution is 0.250. The van der Waals surface area contributed by atoms with Crippen molar-refractivity contribution >= 4 is 17.4 Å². The van der Waals surface area contributed by atoms with E-state index < -0.39 is 0 Å². The number of nitrogens with two attached hydrogens (primary N) is 1. The molecule has 0 aliphatic rings. The zero-order chi connectivity index (χ0) is 11.3. The molecule has 5 heteroatoms. The molecular formula is C10H16N2O2S. The summed E-state index contributed by atoms with van der Waals surface area (Å²) in [7, 11) is 1.57. The lowest BCUT2D eigenvalue weighted by atomic mass is 10.2. The fourth-order valence-corrected chi connectivity index (χ4v) is 1.87. The maximum absolute atomic E-state index is 8.89. The van der Waals surface area contributed by atoms with Crippen molar-refractivity contribution in [3.8, 4) is 5.88 Å². The summed E-state index contributed by atoms with van der Waals surface area (Å²) in [5, 5.41) is 9.65. The molecule has 1 atom stereocenters. The molecule has 4 nitrogen and oxygen atoms in total. The molecule has 3 N–H and O–H groups in total. The topological polar surface area (TPSA) is 68.4 Å². The first kappa shape index (κ1) is 12.1. The van der Waals surface area contributed by atoms with Crippen molar-refractivity contribution in [1.82, 2.24) is 4.98 Å². The number of hydrogen-bond acceptors (Lipinski definition) is 5. The number of aliphatic hydroxyl groups excluding tert-OH is 1. The van der Waals surface area contributed by atoms with E-state index in [1.807, 2.05) is 6.92 Å². The van der Waals surface area contributed by atoms with Gasteiger partial charge in [-0.15, -0.1) is 11.8 Å². The third kappa shape index (κ3) is 3.60. The van der Waals surface area contributed by atoms with E-state index in [2.05, 4.69) is 4.98 Å². The lowest BCUT2D eigenvalue weighted by Crippen LogP contribution is -2.04. The first-order valence-electron chi connectivity index (χ1n) is 4.71. The van der Waals surface area contributed by atoms with Gasteiger partial charge in [-0.25, -0.2) is 4.98 Å². The van der Waals surface area contributed by atoms with Crippen LogP contribution in [0.1, 0.15) is 6.92 Å². The van der Waals surface area contributed by atoms with Crippen molar-refractivity contribution in [3.05, 3.63) is 12.1 Å². The number of hydrogen-bond donors (Lipinski definition) is 2. The number of nitrogens with zero attached hydrogens (tertiary/aromatic N) is 1. The molecule has 0 radical (unpaired) electrons. The van der Waals surface area contributed by atoms with Gasteiger partial charge < -0.3 is 15.6 Å². The number of thioether (sulfide) groups is 1. The normalized spacial score (nSPS) is 12.5. The molecule has 0 aromatic carbocycles. The molecule has 1 aromatic rings. The Morgan fingerprint density at radius 1 is 1.60 bits per heavy atom. The highest BCUT2D eigenvalue weighted by atomic mass is 32.2. The first-order valence-corrected chi connectivity index (χ1v) is 5.70. The molecule has 0 fully saturated rings. The van der Waals surface area contributed by atoms with Crippen LogP contribution in [0.15, 0.2) is 17.2 Å². The minimum absolute atomic E-state index is 0.177. The Labute approximate surface area is 93.8 Å². The van der Waals surface area contributed by atoms with E-state index in [1.54, 1.807) is 19.2 Å². The maximum Gasteiger partial charge on any atom is 0.214 e. The largest absolute Gasteiger partial charge is 0.481 e. The van der Waals surface area contributed by atoms with Gasteiger partial charge in [-0.05, 0) is 12.0 Å². The fourth-order valence-electron chi connectivity index (χ4n) is 0.937. The Bertz CT molecular complexity index is 320. The van der Waals surface area contributed by atoms with Crippen LogP contribution in [0.3, 0.4) is 0 Å². The van der Waals surface area contributed by atoms with Crippen LogP contribution >= 0.6 is 11.8 Å². The Hall–Kier alpha value is -0.940. The highest BCUT2D eigenvalue weighted by Crippen LogP contribution is 2.26. The van der Waals surface area contributed by atoms with Crippen LogP contribution < -0.4 is 10.5 Å². The van der Waals surface area contributed by atoms with E-state index in [9.17, 15) is 0 Å². The number of methoxy groups -OCH3 is 1. The molecule has 0 spiro atoms. The van der Waals surface area contributed by atoms with Crippen molar-refractivity contribution in [2.45, 2.75) is 11.9 Å². The number of pyridine rings is 1. The van der Waals surface area contributed by atoms with E-state index in [1.165, 1.54) is 11.8 Å². The van der Waals surface area contributed by atoms with Crippen LogP contribution in [0.5, 0.6) is 5.88 Å². The summed E-state index contributed by atoms with van der Waals surface area (Å²) in [6.07, 6.45) is 0. The van der Waals surface area contributed by atoms with Crippen LogP contribution in [-0.4, -0.2) is 29.6 Å². The summed E-state index contributed by atoms with van der Waals surface area (Å²) in [4.78, 5) is 4.23. The second-order valence-corrected chi connectivity index (χ2v) is 4.36. The van der Waals surface area contributed by atoms with Gasteiger partial charge in [0.25, 0.3) is 0 Å². The predicted molar refractivity (Wildman–Crippen MR) is 62.2 cm³/mol. The summed E-state index contributed by atoms with van der Waals surface area (Å²) in [5.41, 5.74) is 6.41. The molecule has 0 saturated carbocycles. The minimum Gasteiger partial charge on any atom is -0.481 e. The van der Waals surface area contributed by atoms with Crippen molar-refractivity contribution in [1.29, 1.82) is 0 Å². The summed E-state index contributed by atoms with van der Waals surface area (Å²) in [6.45, 7) is 2.15. The van der Waals surface area contributed by atoms with Gasteiger partial charge >= 0.3 is 0 Å². The van der Waals surface area contributed by atoms with Crippen molar-refractivity contribution in [2.24, 2.45) is 5.92 Å². The number of anilines is 1. The smallest absolute Gasteiger partial charge is 0.214 e. The number of nitrogen functional groups attached to an aromatic ring is 1. The van der Waals surface area contributed by atoms with E-state index in [4.69, 9.17) is 15.6 Å². The number of aromatic nitrogens is 1. The zero-order valence-corrected chi connectivity index (χ0v) is 9.75. The van der Waals surface area contributed by atoms with Gasteiger partial charge in [-0.3, -0.25) is 0 Å². The van der Waals surface area contributed by atoms with Crippen LogP contribution in [0.4, 0.5) is 5.69 Å². The third-order valence-corrected chi connectivity index (χ3v) is 3.23. The van der Waals surface area contributed by atoms with Gasteiger partial charge in [-0.1, -0.05) is 6.92 Å². The second-order valence-electron chi connectivity index (χ2n) is 3.35. The number of aliphatic hydroxyl groups is 1. The zero-order valence-electron chi connectivity index (χ0n) is 8.93. The van der Waals surface area contributed by atoms with Gasteiger partial charge in [-0.2, -0.15) is 0 Å². The molecule has 1 unspecified atom stereocenters. The summed E-state index contributed by atoms with van der Waals surface area (Å²) >= 11 is 1.53. The Morgan fingerprint density at radius 3 is 2.93 bits per heavy atom. The van der Waals surface area contributed by atoms with Gasteiger partial charge in [0.1, 0.15) is 5.03 Å². The second kappa shape index (κ2) is 5.82. The molecule has 15 heavy (non-hydrogen) atoms. The predicted octanol–water partition coefficient (Wildman–Crippen LogP) is 1.39. The van der Waals surface area contributed by atoms with E-state index in [-0.39, 0.29) is 12.5 Å². The van der Waals surface area contributed by atoms with Crippen molar-refractivity contribution < 1.29 is 9.84 Å². The van der Waals surface area contributed by atoms with Crippen LogP contribution in [0, 0.1) is 5.92 Å². The third-order valence-electron chi connectivity index (χ3n) is 1.89. The van der Waals surface area contributed by atoms with Crippen molar-refractivity contribution in [3.63, 3.8) is 0 Å². The SMILES string of the molecule is COc1ccc(N)c(SCC(C)CO)n1. The lowest BCUT2D eigenvalue weighted by Gasteiger charge is -2.09. The molecule has 0 bridgehead atoms. The fraction of sp³-hybridized carbons (Fsp3) is 0.500. The van der Waals surface area contributed by atoms with Crippen LogP contribution in [0.2, 0.25) is 0 Å². The van der Waals surface area contributed by atoms with Crippen LogP contribution in [0.25, 0.3) is 0 Å². The molecule has 0 aliphatic heterocycles. The van der Waals surface area contributed by atoms with E-state index in [0.29, 0.717) is 11.6 Å². The number of rotatable bonds is 5. The van der Waals surface area contributed by atoms with E-state index in [0.717, 1.165) is 10.8 Å². The van der Waals surface area contributed by atoms with Crippen molar-refractivity contribution in [2.75, 3.05) is 25.2 Å². The molecule has 84 valence electrons. The standard InChI is InChI=1S/C10H16N2O2S/c1-7(5-13)6-15-10-8(11)3-4-9(12-10)14-2/h3-4,7,13H,5-6,11H2,1-2H3. The Kier molecular flexibility index (Phi) is 4.71. The Morgan fingerprint density at radius 2 is 2.33 bits per heavy atom. The van der Waals surface area contributed by atoms with Gasteiger partial charge in [0.05, 0.1) is 12.8 Å². The average Bonchev–Trinajstić information content (AvgIpc) is 2.27. The Balaban J connectivity index is 2.66. The monoisotopic (exact) mass is 228 g/mol. The number of ether oxygens (including phenoxy) is 1. The van der Waals surface area contributed by atoms with Gasteiger partial charge in [0.2, 0.25) is 5.88 Å². The minimum atomic E-state index is 0.177. The maximum atomic E-state index is 8.89. The van der Waals surface area contributed by atoms with Gasteiger partial charge in [0, 0.05) is 18.4 Å².